The van der Waals surface area contributed by atoms with Gasteiger partial charge in [-0.2, -0.15) is 0 Å². The zero-order valence-corrected chi connectivity index (χ0v) is 12.1. The minimum Gasteiger partial charge on any atom is -0.356 e. The van der Waals surface area contributed by atoms with Crippen LogP contribution < -0.4 is 11.1 Å². The van der Waals surface area contributed by atoms with Crippen LogP contribution in [-0.4, -0.2) is 19.0 Å². The molecule has 3 heteroatoms. The van der Waals surface area contributed by atoms with E-state index in [0.29, 0.717) is 18.9 Å². The van der Waals surface area contributed by atoms with Gasteiger partial charge in [-0.3, -0.25) is 4.79 Å². The van der Waals surface area contributed by atoms with E-state index in [1.807, 2.05) is 0 Å². The fourth-order valence-electron chi connectivity index (χ4n) is 2.76. The van der Waals surface area contributed by atoms with E-state index in [0.717, 1.165) is 31.2 Å². The molecule has 1 fully saturated rings. The SMILES string of the molecule is CCC(CN)CC(=O)NCCC1CCC(C)CC1. The number of nitrogens with one attached hydrogen (secondary N) is 1. The van der Waals surface area contributed by atoms with Crippen LogP contribution in [0.25, 0.3) is 0 Å². The second-order valence-corrected chi connectivity index (χ2v) is 5.98. The third kappa shape index (κ3) is 5.85. The largest absolute Gasteiger partial charge is 0.356 e. The lowest BCUT2D eigenvalue weighted by atomic mass is 9.81. The van der Waals surface area contributed by atoms with E-state index in [9.17, 15) is 4.79 Å². The van der Waals surface area contributed by atoms with E-state index in [4.69, 9.17) is 5.73 Å². The molecule has 0 saturated heterocycles. The summed E-state index contributed by atoms with van der Waals surface area (Å²) < 4.78 is 0. The van der Waals surface area contributed by atoms with Gasteiger partial charge in [0, 0.05) is 13.0 Å². The molecule has 0 aliphatic heterocycles. The molecule has 1 atom stereocenters. The second-order valence-electron chi connectivity index (χ2n) is 5.98. The number of nitrogens with two attached hydrogens (primary N) is 1. The third-order valence-electron chi connectivity index (χ3n) is 4.39. The van der Waals surface area contributed by atoms with Gasteiger partial charge in [-0.1, -0.05) is 46.0 Å². The summed E-state index contributed by atoms with van der Waals surface area (Å²) in [7, 11) is 0. The molecule has 0 aromatic heterocycles. The topological polar surface area (TPSA) is 55.1 Å². The Kier molecular flexibility index (Phi) is 7.33. The fourth-order valence-corrected chi connectivity index (χ4v) is 2.76. The maximum Gasteiger partial charge on any atom is 0.220 e. The summed E-state index contributed by atoms with van der Waals surface area (Å²) in [4.78, 5) is 11.7. The Morgan fingerprint density at radius 1 is 1.33 bits per heavy atom. The molecular weight excluding hydrogens is 224 g/mol. The van der Waals surface area contributed by atoms with Gasteiger partial charge < -0.3 is 11.1 Å². The summed E-state index contributed by atoms with van der Waals surface area (Å²) in [5.74, 6) is 2.26. The van der Waals surface area contributed by atoms with Gasteiger partial charge in [0.15, 0.2) is 0 Å². The molecule has 1 saturated carbocycles. The highest BCUT2D eigenvalue weighted by Gasteiger charge is 2.18. The molecule has 0 spiro atoms. The molecule has 1 unspecified atom stereocenters. The van der Waals surface area contributed by atoms with Crippen molar-refractivity contribution in [3.8, 4) is 0 Å². The van der Waals surface area contributed by atoms with Crippen molar-refractivity contribution in [1.29, 1.82) is 0 Å². The van der Waals surface area contributed by atoms with Gasteiger partial charge >= 0.3 is 0 Å². The summed E-state index contributed by atoms with van der Waals surface area (Å²) in [6.45, 7) is 5.90. The molecule has 3 N–H and O–H groups in total. The maximum atomic E-state index is 11.7. The van der Waals surface area contributed by atoms with Crippen molar-refractivity contribution < 1.29 is 4.79 Å². The minimum atomic E-state index is 0.177. The van der Waals surface area contributed by atoms with Crippen LogP contribution in [0.3, 0.4) is 0 Å². The van der Waals surface area contributed by atoms with E-state index in [2.05, 4.69) is 19.2 Å². The first-order valence-electron chi connectivity index (χ1n) is 7.62. The summed E-state index contributed by atoms with van der Waals surface area (Å²) in [6.07, 6.45) is 8.15. The molecule has 1 rings (SSSR count). The van der Waals surface area contributed by atoms with E-state index in [1.54, 1.807) is 0 Å². The van der Waals surface area contributed by atoms with Gasteiger partial charge in [-0.15, -0.1) is 0 Å². The highest BCUT2D eigenvalue weighted by molar-refractivity contribution is 5.76. The first-order chi connectivity index (χ1) is 8.65. The van der Waals surface area contributed by atoms with E-state index in [-0.39, 0.29) is 5.91 Å². The van der Waals surface area contributed by atoms with Crippen molar-refractivity contribution >= 4 is 5.91 Å². The molecule has 0 bridgehead atoms. The van der Waals surface area contributed by atoms with Gasteiger partial charge in [-0.05, 0) is 30.7 Å². The summed E-state index contributed by atoms with van der Waals surface area (Å²) >= 11 is 0. The Hall–Kier alpha value is -0.570. The van der Waals surface area contributed by atoms with E-state index >= 15 is 0 Å². The normalized spacial score (nSPS) is 25.7. The van der Waals surface area contributed by atoms with E-state index in [1.165, 1.54) is 25.7 Å². The Morgan fingerprint density at radius 3 is 2.56 bits per heavy atom. The first kappa shape index (κ1) is 15.5. The van der Waals surface area contributed by atoms with Crippen molar-refractivity contribution in [2.45, 2.75) is 58.8 Å². The monoisotopic (exact) mass is 254 g/mol. The van der Waals surface area contributed by atoms with Crippen molar-refractivity contribution in [1.82, 2.24) is 5.32 Å². The molecule has 3 nitrogen and oxygen atoms in total. The fraction of sp³-hybridized carbons (Fsp3) is 0.933. The Morgan fingerprint density at radius 2 is 2.00 bits per heavy atom. The predicted octanol–water partition coefficient (Wildman–Crippen LogP) is 2.69. The smallest absolute Gasteiger partial charge is 0.220 e. The standard InChI is InChI=1S/C15H30N2O/c1-3-13(11-16)10-15(18)17-9-8-14-6-4-12(2)5-7-14/h12-14H,3-11,16H2,1-2H3,(H,17,18). The first-order valence-corrected chi connectivity index (χ1v) is 7.62. The Bertz CT molecular complexity index is 231. The van der Waals surface area contributed by atoms with Gasteiger partial charge in [0.1, 0.15) is 0 Å². The average molecular weight is 254 g/mol. The molecule has 106 valence electrons. The van der Waals surface area contributed by atoms with Crippen LogP contribution in [0, 0.1) is 17.8 Å². The van der Waals surface area contributed by atoms with Crippen LogP contribution in [0.1, 0.15) is 58.8 Å². The number of carbonyl (C=O) groups excluding carboxylic acids is 1. The van der Waals surface area contributed by atoms with Gasteiger partial charge in [0.25, 0.3) is 0 Å². The highest BCUT2D eigenvalue weighted by atomic mass is 16.1. The zero-order valence-electron chi connectivity index (χ0n) is 12.1. The van der Waals surface area contributed by atoms with Crippen molar-refractivity contribution in [3.63, 3.8) is 0 Å². The van der Waals surface area contributed by atoms with Crippen LogP contribution in [0.5, 0.6) is 0 Å². The number of hydrogen-bond donors (Lipinski definition) is 2. The molecule has 0 aromatic carbocycles. The summed E-state index contributed by atoms with van der Waals surface area (Å²) in [5.41, 5.74) is 5.61. The minimum absolute atomic E-state index is 0.177. The van der Waals surface area contributed by atoms with Gasteiger partial charge in [0.05, 0.1) is 0 Å². The van der Waals surface area contributed by atoms with Crippen LogP contribution >= 0.6 is 0 Å². The molecule has 0 heterocycles. The summed E-state index contributed by atoms with van der Waals surface area (Å²) in [5, 5.41) is 3.05. The van der Waals surface area contributed by atoms with Crippen LogP contribution in [0.4, 0.5) is 0 Å². The molecular formula is C15H30N2O. The molecule has 1 amide bonds. The second kappa shape index (κ2) is 8.52. The van der Waals surface area contributed by atoms with Crippen LogP contribution in [-0.2, 0) is 4.79 Å². The molecule has 0 radical (unpaired) electrons. The van der Waals surface area contributed by atoms with Crippen molar-refractivity contribution in [3.05, 3.63) is 0 Å². The number of amides is 1. The Balaban J connectivity index is 2.08. The number of carbonyl (C=O) groups is 1. The lowest BCUT2D eigenvalue weighted by Gasteiger charge is -2.26. The van der Waals surface area contributed by atoms with E-state index < -0.39 is 0 Å². The van der Waals surface area contributed by atoms with Crippen molar-refractivity contribution in [2.24, 2.45) is 23.5 Å². The van der Waals surface area contributed by atoms with Crippen molar-refractivity contribution in [2.75, 3.05) is 13.1 Å². The number of rotatable bonds is 7. The quantitative estimate of drug-likeness (QED) is 0.734. The van der Waals surface area contributed by atoms with Gasteiger partial charge in [0.2, 0.25) is 5.91 Å². The van der Waals surface area contributed by atoms with Gasteiger partial charge in [-0.25, -0.2) is 0 Å². The lowest BCUT2D eigenvalue weighted by Crippen LogP contribution is -2.30. The maximum absolute atomic E-state index is 11.7. The molecule has 0 aromatic rings. The molecule has 18 heavy (non-hydrogen) atoms. The average Bonchev–Trinajstić information content (AvgIpc) is 2.38. The van der Waals surface area contributed by atoms with Crippen LogP contribution in [0.2, 0.25) is 0 Å². The number of hydrogen-bond acceptors (Lipinski definition) is 2. The highest BCUT2D eigenvalue weighted by Crippen LogP contribution is 2.29. The third-order valence-corrected chi connectivity index (χ3v) is 4.39. The molecule has 1 aliphatic carbocycles. The van der Waals surface area contributed by atoms with Crippen LogP contribution in [0.15, 0.2) is 0 Å². The zero-order chi connectivity index (χ0) is 13.4. The molecule has 1 aliphatic rings. The Labute approximate surface area is 112 Å². The lowest BCUT2D eigenvalue weighted by molar-refractivity contribution is -0.122. The summed E-state index contributed by atoms with van der Waals surface area (Å²) in [6, 6.07) is 0. The predicted molar refractivity (Wildman–Crippen MR) is 76.2 cm³/mol.